The summed E-state index contributed by atoms with van der Waals surface area (Å²) < 4.78 is 0. The first-order valence-electron chi connectivity index (χ1n) is 19.2. The number of para-hydroxylation sites is 1. The van der Waals surface area contributed by atoms with E-state index in [9.17, 15) is 0 Å². The fraction of sp³-hybridized carbons (Fsp3) is 0.0185. The van der Waals surface area contributed by atoms with Crippen LogP contribution in [0, 0.1) is 0 Å². The SMILES string of the molecule is c1ccc(-c2c3ccccc3cc3c(-c4ccc5cc(-c6ccc7c(c6)-c6ccccc6C6C7=Nc7ccccc76)ccc5c4)c4ccccc4cc23)cc1. The van der Waals surface area contributed by atoms with Crippen LogP contribution >= 0.6 is 0 Å². The van der Waals surface area contributed by atoms with Crippen LogP contribution in [0.25, 0.3) is 87.6 Å². The Hall–Kier alpha value is -7.09. The molecule has 1 unspecified atom stereocenters. The Labute approximate surface area is 319 Å². The van der Waals surface area contributed by atoms with Crippen molar-refractivity contribution in [1.29, 1.82) is 0 Å². The van der Waals surface area contributed by atoms with Crippen LogP contribution in [-0.2, 0) is 0 Å². The number of nitrogens with zero attached hydrogens (tertiary/aromatic N) is 1. The van der Waals surface area contributed by atoms with Crippen molar-refractivity contribution in [1.82, 2.24) is 0 Å². The minimum absolute atomic E-state index is 0.183. The Morgan fingerprint density at radius 1 is 0.309 bits per heavy atom. The van der Waals surface area contributed by atoms with Crippen LogP contribution in [0.3, 0.4) is 0 Å². The molecule has 2 aliphatic rings. The van der Waals surface area contributed by atoms with Crippen molar-refractivity contribution < 1.29 is 0 Å². The highest BCUT2D eigenvalue weighted by molar-refractivity contribution is 6.23. The van der Waals surface area contributed by atoms with E-state index in [1.807, 2.05) is 0 Å². The summed E-state index contributed by atoms with van der Waals surface area (Å²) in [5, 5.41) is 10.1. The topological polar surface area (TPSA) is 12.4 Å². The van der Waals surface area contributed by atoms with Gasteiger partial charge in [-0.1, -0.05) is 158 Å². The lowest BCUT2D eigenvalue weighted by Gasteiger charge is -2.27. The van der Waals surface area contributed by atoms with Crippen LogP contribution in [0.4, 0.5) is 5.69 Å². The summed E-state index contributed by atoms with van der Waals surface area (Å²) in [5.41, 5.74) is 16.2. The molecule has 1 aliphatic carbocycles. The van der Waals surface area contributed by atoms with E-state index in [0.29, 0.717) is 0 Å². The monoisotopic (exact) mass is 695 g/mol. The van der Waals surface area contributed by atoms with Crippen LogP contribution in [0.15, 0.2) is 199 Å². The van der Waals surface area contributed by atoms with E-state index < -0.39 is 0 Å². The molecule has 0 bridgehead atoms. The highest BCUT2D eigenvalue weighted by atomic mass is 14.8. The van der Waals surface area contributed by atoms with Gasteiger partial charge >= 0.3 is 0 Å². The fourth-order valence-electron chi connectivity index (χ4n) is 9.55. The maximum atomic E-state index is 5.18. The van der Waals surface area contributed by atoms with Gasteiger partial charge in [-0.15, -0.1) is 0 Å². The van der Waals surface area contributed by atoms with Gasteiger partial charge < -0.3 is 0 Å². The summed E-state index contributed by atoms with van der Waals surface area (Å²) in [4.78, 5) is 5.18. The lowest BCUT2D eigenvalue weighted by atomic mass is 9.75. The number of fused-ring (bicyclic) bond motifs is 12. The molecule has 0 N–H and O–H groups in total. The van der Waals surface area contributed by atoms with Gasteiger partial charge in [0.2, 0.25) is 0 Å². The maximum Gasteiger partial charge on any atom is 0.0675 e. The van der Waals surface area contributed by atoms with Gasteiger partial charge in [0.1, 0.15) is 0 Å². The third kappa shape index (κ3) is 4.57. The Morgan fingerprint density at radius 3 is 1.64 bits per heavy atom. The average Bonchev–Trinajstić information content (AvgIpc) is 3.65. The van der Waals surface area contributed by atoms with Crippen LogP contribution in [-0.4, -0.2) is 5.71 Å². The van der Waals surface area contributed by atoms with E-state index in [0.717, 1.165) is 11.4 Å². The molecule has 0 fully saturated rings. The molecule has 0 radical (unpaired) electrons. The first-order valence-corrected chi connectivity index (χ1v) is 19.2. The van der Waals surface area contributed by atoms with Crippen molar-refractivity contribution in [3.8, 4) is 44.5 Å². The van der Waals surface area contributed by atoms with Gasteiger partial charge in [-0.25, -0.2) is 0 Å². The van der Waals surface area contributed by atoms with Gasteiger partial charge in [-0.2, -0.15) is 0 Å². The number of benzene rings is 10. The first-order chi connectivity index (χ1) is 27.3. The van der Waals surface area contributed by atoms with Crippen LogP contribution in [0.2, 0.25) is 0 Å². The maximum absolute atomic E-state index is 5.18. The van der Waals surface area contributed by atoms with Gasteiger partial charge in [-0.05, 0) is 135 Å². The molecule has 0 amide bonds. The normalized spacial score (nSPS) is 14.1. The Balaban J connectivity index is 1.01. The van der Waals surface area contributed by atoms with Gasteiger partial charge in [0, 0.05) is 5.56 Å². The second-order valence-electron chi connectivity index (χ2n) is 15.0. The fourth-order valence-corrected chi connectivity index (χ4v) is 9.55. The van der Waals surface area contributed by atoms with Gasteiger partial charge in [-0.3, -0.25) is 4.99 Å². The third-order valence-electron chi connectivity index (χ3n) is 12.0. The highest BCUT2D eigenvalue weighted by Gasteiger charge is 2.36. The molecule has 0 spiro atoms. The number of aliphatic imine (C=N–C) groups is 1. The van der Waals surface area contributed by atoms with E-state index in [1.54, 1.807) is 0 Å². The van der Waals surface area contributed by atoms with E-state index >= 15 is 0 Å². The highest BCUT2D eigenvalue weighted by Crippen LogP contribution is 2.50. The molecular formula is C54H33N. The Bertz CT molecular complexity index is 3260. The van der Waals surface area contributed by atoms with Crippen molar-refractivity contribution in [2.24, 2.45) is 4.99 Å². The molecule has 55 heavy (non-hydrogen) atoms. The minimum atomic E-state index is 0.183. The van der Waals surface area contributed by atoms with Gasteiger partial charge in [0.25, 0.3) is 0 Å². The molecule has 254 valence electrons. The molecule has 1 nitrogen and oxygen atoms in total. The van der Waals surface area contributed by atoms with Gasteiger partial charge in [0.15, 0.2) is 0 Å². The van der Waals surface area contributed by atoms with E-state index in [1.165, 1.54) is 104 Å². The Kier molecular flexibility index (Phi) is 6.47. The average molecular weight is 696 g/mol. The van der Waals surface area contributed by atoms with Gasteiger partial charge in [0.05, 0.1) is 17.3 Å². The zero-order chi connectivity index (χ0) is 36.0. The smallest absolute Gasteiger partial charge is 0.0675 e. The van der Waals surface area contributed by atoms with Crippen molar-refractivity contribution >= 4 is 54.5 Å². The summed E-state index contributed by atoms with van der Waals surface area (Å²) in [6.07, 6.45) is 0. The second-order valence-corrected chi connectivity index (χ2v) is 15.0. The molecule has 0 aromatic heterocycles. The quantitative estimate of drug-likeness (QED) is 0.163. The molecule has 1 heteroatoms. The molecule has 0 saturated heterocycles. The summed E-state index contributed by atoms with van der Waals surface area (Å²) in [7, 11) is 0. The van der Waals surface area contributed by atoms with Crippen LogP contribution in [0.5, 0.6) is 0 Å². The van der Waals surface area contributed by atoms with E-state index in [-0.39, 0.29) is 5.92 Å². The zero-order valence-electron chi connectivity index (χ0n) is 30.0. The predicted molar refractivity (Wildman–Crippen MR) is 233 cm³/mol. The summed E-state index contributed by atoms with van der Waals surface area (Å²) in [6, 6.07) is 71.7. The minimum Gasteiger partial charge on any atom is -0.251 e. The number of rotatable bonds is 3. The first kappa shape index (κ1) is 30.4. The second kappa shape index (κ2) is 11.7. The number of hydrogen-bond acceptors (Lipinski definition) is 1. The molecule has 12 rings (SSSR count). The zero-order valence-corrected chi connectivity index (χ0v) is 30.0. The standard InChI is InChI=1S/C54H33N/c1-2-12-33(13-3-1)51-41-16-6-4-14-38(41)32-49-48(51)31-39-15-5-7-17-42(39)52(49)40-25-24-34-28-35(22-23-36(34)29-40)37-26-27-45-47(30-37)43-18-8-9-19-44(43)53-46-20-10-11-21-50(46)55-54(45)53/h1-32,53H. The lowest BCUT2D eigenvalue weighted by molar-refractivity contribution is 1.10. The van der Waals surface area contributed by atoms with Crippen LogP contribution in [0.1, 0.15) is 22.6 Å². The van der Waals surface area contributed by atoms with Crippen molar-refractivity contribution in [3.05, 3.63) is 211 Å². The van der Waals surface area contributed by atoms with Crippen molar-refractivity contribution in [2.45, 2.75) is 5.92 Å². The molecule has 1 heterocycles. The van der Waals surface area contributed by atoms with E-state index in [2.05, 4.69) is 194 Å². The summed E-state index contributed by atoms with van der Waals surface area (Å²) >= 11 is 0. The summed E-state index contributed by atoms with van der Waals surface area (Å²) in [5.74, 6) is 0.183. The van der Waals surface area contributed by atoms with Crippen molar-refractivity contribution in [3.63, 3.8) is 0 Å². The van der Waals surface area contributed by atoms with E-state index in [4.69, 9.17) is 4.99 Å². The molecule has 10 aromatic carbocycles. The Morgan fingerprint density at radius 2 is 0.873 bits per heavy atom. The summed E-state index contributed by atoms with van der Waals surface area (Å²) in [6.45, 7) is 0. The third-order valence-corrected chi connectivity index (χ3v) is 12.0. The number of hydrogen-bond donors (Lipinski definition) is 0. The molecule has 10 aromatic rings. The molecule has 1 atom stereocenters. The molecule has 1 aliphatic heterocycles. The lowest BCUT2D eigenvalue weighted by Crippen LogP contribution is -2.18. The molecular weight excluding hydrogens is 663 g/mol. The largest absolute Gasteiger partial charge is 0.251 e. The predicted octanol–water partition coefficient (Wildman–Crippen LogP) is 14.5. The van der Waals surface area contributed by atoms with Crippen molar-refractivity contribution in [2.75, 3.05) is 0 Å². The van der Waals surface area contributed by atoms with Crippen LogP contribution < -0.4 is 0 Å². The molecule has 0 saturated carbocycles.